The van der Waals surface area contributed by atoms with Crippen LogP contribution in [0.4, 0.5) is 0 Å². The van der Waals surface area contributed by atoms with Crippen LogP contribution in [0.15, 0.2) is 0 Å². The van der Waals surface area contributed by atoms with Gasteiger partial charge in [-0.2, -0.15) is 0 Å². The third-order valence-electron chi connectivity index (χ3n) is 5.57. The van der Waals surface area contributed by atoms with E-state index in [1.807, 2.05) is 6.92 Å². The van der Waals surface area contributed by atoms with Crippen LogP contribution in [0, 0.1) is 12.8 Å². The van der Waals surface area contributed by atoms with Gasteiger partial charge >= 0.3 is 5.97 Å². The molecular formula is C18H24N2O4. The minimum Gasteiger partial charge on any atom is -0.481 e. The molecule has 2 atom stereocenters. The van der Waals surface area contributed by atoms with Gasteiger partial charge < -0.3 is 15.4 Å². The Morgan fingerprint density at radius 1 is 1.25 bits per heavy atom. The van der Waals surface area contributed by atoms with Crippen LogP contribution in [0.2, 0.25) is 0 Å². The fourth-order valence-corrected chi connectivity index (χ4v) is 4.20. The lowest BCUT2D eigenvalue weighted by molar-refractivity contribution is -0.145. The van der Waals surface area contributed by atoms with E-state index in [9.17, 15) is 19.5 Å². The summed E-state index contributed by atoms with van der Waals surface area (Å²) in [7, 11) is 0. The molecule has 1 aromatic rings. The molecule has 3 N–H and O–H groups in total. The summed E-state index contributed by atoms with van der Waals surface area (Å²) in [5.41, 5.74) is 1.79. The minimum atomic E-state index is -0.866. The molecule has 0 aliphatic heterocycles. The number of carboxylic acids is 1. The summed E-state index contributed by atoms with van der Waals surface area (Å²) in [6.45, 7) is 3.59. The predicted octanol–water partition coefficient (Wildman–Crippen LogP) is 2.61. The van der Waals surface area contributed by atoms with Crippen LogP contribution in [0.5, 0.6) is 0 Å². The molecule has 1 fully saturated rings. The third kappa shape index (κ3) is 2.74. The molecule has 2 aliphatic carbocycles. The van der Waals surface area contributed by atoms with Crippen LogP contribution >= 0.6 is 0 Å². The number of hydrogen-bond acceptors (Lipinski definition) is 3. The van der Waals surface area contributed by atoms with E-state index in [0.717, 1.165) is 31.4 Å². The Hall–Kier alpha value is -2.11. The molecule has 6 nitrogen and oxygen atoms in total. The number of H-pyrrole nitrogens is 1. The van der Waals surface area contributed by atoms with E-state index < -0.39 is 17.4 Å². The highest BCUT2D eigenvalue weighted by Crippen LogP contribution is 2.34. The number of aliphatic carboxylic acids is 1. The first-order valence-corrected chi connectivity index (χ1v) is 8.63. The third-order valence-corrected chi connectivity index (χ3v) is 5.57. The lowest BCUT2D eigenvalue weighted by Crippen LogP contribution is -2.55. The van der Waals surface area contributed by atoms with Crippen molar-refractivity contribution in [1.82, 2.24) is 10.3 Å². The number of aryl methyl sites for hydroxylation is 1. The number of amides is 1. The summed E-state index contributed by atoms with van der Waals surface area (Å²) in [6, 6.07) is 0. The van der Waals surface area contributed by atoms with Crippen molar-refractivity contribution in [2.24, 2.45) is 5.92 Å². The Labute approximate surface area is 141 Å². The van der Waals surface area contributed by atoms with Crippen molar-refractivity contribution >= 4 is 17.7 Å². The molecule has 6 heteroatoms. The molecule has 24 heavy (non-hydrogen) atoms. The largest absolute Gasteiger partial charge is 0.481 e. The van der Waals surface area contributed by atoms with Crippen LogP contribution in [0.3, 0.4) is 0 Å². The number of nitrogens with one attached hydrogen (secondary N) is 2. The van der Waals surface area contributed by atoms with E-state index in [4.69, 9.17) is 0 Å². The number of rotatable bonds is 3. The highest BCUT2D eigenvalue weighted by atomic mass is 16.4. The van der Waals surface area contributed by atoms with Gasteiger partial charge in [-0.05, 0) is 45.1 Å². The predicted molar refractivity (Wildman–Crippen MR) is 88.3 cm³/mol. The van der Waals surface area contributed by atoms with Crippen molar-refractivity contribution in [1.29, 1.82) is 0 Å². The molecule has 0 bridgehead atoms. The van der Waals surface area contributed by atoms with Gasteiger partial charge in [-0.15, -0.1) is 0 Å². The van der Waals surface area contributed by atoms with Crippen molar-refractivity contribution in [2.75, 3.05) is 0 Å². The van der Waals surface area contributed by atoms with Crippen molar-refractivity contribution in [2.45, 2.75) is 64.3 Å². The van der Waals surface area contributed by atoms with Gasteiger partial charge in [-0.3, -0.25) is 14.4 Å². The lowest BCUT2D eigenvalue weighted by atomic mass is 9.74. The molecule has 0 saturated heterocycles. The zero-order valence-electron chi connectivity index (χ0n) is 14.2. The van der Waals surface area contributed by atoms with Gasteiger partial charge in [-0.25, -0.2) is 0 Å². The lowest BCUT2D eigenvalue weighted by Gasteiger charge is -2.39. The maximum atomic E-state index is 12.8. The minimum absolute atomic E-state index is 0.0799. The molecule has 1 heterocycles. The van der Waals surface area contributed by atoms with E-state index >= 15 is 0 Å². The first-order chi connectivity index (χ1) is 11.3. The fourth-order valence-electron chi connectivity index (χ4n) is 4.20. The topological polar surface area (TPSA) is 99.3 Å². The van der Waals surface area contributed by atoms with E-state index in [1.54, 1.807) is 6.92 Å². The fraction of sp³-hybridized carbons (Fsp3) is 0.611. The maximum Gasteiger partial charge on any atom is 0.308 e. The molecule has 130 valence electrons. The molecule has 0 aromatic carbocycles. The van der Waals surface area contributed by atoms with Gasteiger partial charge in [0.05, 0.1) is 11.5 Å². The van der Waals surface area contributed by atoms with Gasteiger partial charge in [-0.1, -0.05) is 12.8 Å². The Morgan fingerprint density at radius 2 is 2.00 bits per heavy atom. The monoisotopic (exact) mass is 332 g/mol. The SMILES string of the molecule is Cc1c(C(=O)NC2(C)CCCCC2C(=O)O)[nH]c2c1C(=O)CCC2. The van der Waals surface area contributed by atoms with Crippen LogP contribution in [0.1, 0.15) is 77.6 Å². The standard InChI is InChI=1S/C18H24N2O4/c1-10-14-12(7-5-8-13(14)21)19-15(10)16(22)20-18(2)9-4-3-6-11(18)17(23)24/h11,19H,3-9H2,1-2H3,(H,20,22)(H,23,24). The molecular weight excluding hydrogens is 308 g/mol. The Morgan fingerprint density at radius 3 is 2.67 bits per heavy atom. The molecule has 1 aromatic heterocycles. The number of carbonyl (C=O) groups excluding carboxylic acids is 2. The van der Waals surface area contributed by atoms with Crippen LogP contribution < -0.4 is 5.32 Å². The quantitative estimate of drug-likeness (QED) is 0.792. The average molecular weight is 332 g/mol. The zero-order chi connectivity index (χ0) is 17.5. The second-order valence-electron chi connectivity index (χ2n) is 7.26. The Bertz CT molecular complexity index is 706. The normalized spacial score (nSPS) is 26.8. The molecule has 0 radical (unpaired) electrons. The maximum absolute atomic E-state index is 12.8. The van der Waals surface area contributed by atoms with Crippen molar-refractivity contribution in [3.8, 4) is 0 Å². The number of hydrogen-bond donors (Lipinski definition) is 3. The average Bonchev–Trinajstić information content (AvgIpc) is 2.85. The zero-order valence-corrected chi connectivity index (χ0v) is 14.2. The van der Waals surface area contributed by atoms with E-state index in [0.29, 0.717) is 36.1 Å². The van der Waals surface area contributed by atoms with Crippen LogP contribution in [-0.2, 0) is 11.2 Å². The van der Waals surface area contributed by atoms with Crippen molar-refractivity contribution in [3.63, 3.8) is 0 Å². The van der Waals surface area contributed by atoms with Gasteiger partial charge in [0.1, 0.15) is 5.69 Å². The molecule has 3 rings (SSSR count). The van der Waals surface area contributed by atoms with Gasteiger partial charge in [0.25, 0.3) is 5.91 Å². The first-order valence-electron chi connectivity index (χ1n) is 8.63. The summed E-state index contributed by atoms with van der Waals surface area (Å²) in [4.78, 5) is 39.5. The Balaban J connectivity index is 1.87. The highest BCUT2D eigenvalue weighted by Gasteiger charge is 2.42. The molecule has 2 aliphatic rings. The van der Waals surface area contributed by atoms with Crippen LogP contribution in [-0.4, -0.2) is 33.3 Å². The number of carbonyl (C=O) groups is 3. The van der Waals surface area contributed by atoms with E-state index in [-0.39, 0.29) is 11.7 Å². The number of Topliss-reactive ketones (excluding diaryl/α,β-unsaturated/α-hetero) is 1. The van der Waals surface area contributed by atoms with Crippen molar-refractivity contribution < 1.29 is 19.5 Å². The first kappa shape index (κ1) is 16.7. The van der Waals surface area contributed by atoms with Gasteiger partial charge in [0, 0.05) is 17.7 Å². The number of carboxylic acid groups (broad SMARTS) is 1. The number of ketones is 1. The van der Waals surface area contributed by atoms with Crippen molar-refractivity contribution in [3.05, 3.63) is 22.5 Å². The highest BCUT2D eigenvalue weighted by molar-refractivity contribution is 6.04. The molecule has 1 saturated carbocycles. The smallest absolute Gasteiger partial charge is 0.308 e. The second-order valence-corrected chi connectivity index (χ2v) is 7.26. The summed E-state index contributed by atoms with van der Waals surface area (Å²) in [5.74, 6) is -1.68. The van der Waals surface area contributed by atoms with E-state index in [2.05, 4.69) is 10.3 Å². The van der Waals surface area contributed by atoms with Gasteiger partial charge in [0.2, 0.25) is 0 Å². The van der Waals surface area contributed by atoms with E-state index in [1.165, 1.54) is 0 Å². The molecule has 1 amide bonds. The number of fused-ring (bicyclic) bond motifs is 1. The number of aromatic amines is 1. The molecule has 2 unspecified atom stereocenters. The number of aromatic nitrogens is 1. The van der Waals surface area contributed by atoms with Gasteiger partial charge in [0.15, 0.2) is 5.78 Å². The summed E-state index contributed by atoms with van der Waals surface area (Å²) in [6.07, 6.45) is 5.08. The summed E-state index contributed by atoms with van der Waals surface area (Å²) >= 11 is 0. The Kier molecular flexibility index (Phi) is 4.24. The molecule has 0 spiro atoms. The summed E-state index contributed by atoms with van der Waals surface area (Å²) in [5, 5.41) is 12.4. The second kappa shape index (κ2) is 6.07. The summed E-state index contributed by atoms with van der Waals surface area (Å²) < 4.78 is 0. The van der Waals surface area contributed by atoms with Crippen LogP contribution in [0.25, 0.3) is 0 Å².